The minimum absolute atomic E-state index is 0.394. The summed E-state index contributed by atoms with van der Waals surface area (Å²) in [5, 5.41) is 11.8. The van der Waals surface area contributed by atoms with E-state index < -0.39 is 6.10 Å². The number of likely N-dealkylation sites (N-methyl/N-ethyl adjacent to an activating group) is 1. The van der Waals surface area contributed by atoms with Crippen molar-refractivity contribution in [2.75, 3.05) is 13.1 Å². The molecule has 2 N–H and O–H groups in total. The van der Waals surface area contributed by atoms with Crippen LogP contribution in [-0.4, -0.2) is 24.3 Å². The first-order chi connectivity index (χ1) is 3.81. The second-order valence-electron chi connectivity index (χ2n) is 1.61. The Hall–Kier alpha value is -0.340. The predicted octanol–water partition coefficient (Wildman–Crippen LogP) is 0.143. The van der Waals surface area contributed by atoms with Crippen LogP contribution in [0.2, 0.25) is 0 Å². The van der Waals surface area contributed by atoms with E-state index >= 15 is 0 Å². The Kier molecular flexibility index (Phi) is 4.61. The molecular weight excluding hydrogens is 102 g/mol. The Bertz CT molecular complexity index is 63.5. The molecule has 0 aliphatic heterocycles. The van der Waals surface area contributed by atoms with Gasteiger partial charge in [0.2, 0.25) is 0 Å². The molecule has 0 saturated carbocycles. The van der Waals surface area contributed by atoms with Gasteiger partial charge in [-0.3, -0.25) is 0 Å². The molecule has 0 amide bonds. The molecule has 0 bridgehead atoms. The summed E-state index contributed by atoms with van der Waals surface area (Å²) in [5.41, 5.74) is 0. The van der Waals surface area contributed by atoms with Gasteiger partial charge in [0.05, 0.1) is 6.10 Å². The zero-order valence-electron chi connectivity index (χ0n) is 5.22. The first kappa shape index (κ1) is 7.66. The SMILES string of the molecule is C=C[C@@H](O)CNCC. The monoisotopic (exact) mass is 115 g/mol. The summed E-state index contributed by atoms with van der Waals surface area (Å²) < 4.78 is 0. The van der Waals surface area contributed by atoms with E-state index in [0.717, 1.165) is 6.54 Å². The third kappa shape index (κ3) is 3.84. The highest BCUT2D eigenvalue weighted by atomic mass is 16.3. The quantitative estimate of drug-likeness (QED) is 0.511. The van der Waals surface area contributed by atoms with Gasteiger partial charge in [-0.05, 0) is 6.54 Å². The third-order valence-electron chi connectivity index (χ3n) is 0.876. The molecule has 0 unspecified atom stereocenters. The Morgan fingerprint density at radius 1 is 1.88 bits per heavy atom. The maximum atomic E-state index is 8.81. The molecule has 0 fully saturated rings. The van der Waals surface area contributed by atoms with E-state index in [4.69, 9.17) is 5.11 Å². The van der Waals surface area contributed by atoms with Crippen molar-refractivity contribution < 1.29 is 5.11 Å². The van der Waals surface area contributed by atoms with Gasteiger partial charge in [0.1, 0.15) is 0 Å². The number of aliphatic hydroxyl groups excluding tert-OH is 1. The fraction of sp³-hybridized carbons (Fsp3) is 0.667. The number of rotatable bonds is 4. The molecule has 0 radical (unpaired) electrons. The van der Waals surface area contributed by atoms with Crippen molar-refractivity contribution in [3.63, 3.8) is 0 Å². The van der Waals surface area contributed by atoms with Crippen LogP contribution in [0.15, 0.2) is 12.7 Å². The summed E-state index contributed by atoms with van der Waals surface area (Å²) in [6, 6.07) is 0. The molecule has 0 spiro atoms. The summed E-state index contributed by atoms with van der Waals surface area (Å²) in [6.45, 7) is 6.92. The summed E-state index contributed by atoms with van der Waals surface area (Å²) >= 11 is 0. The minimum Gasteiger partial charge on any atom is -0.388 e. The highest BCUT2D eigenvalue weighted by Crippen LogP contribution is 1.77. The summed E-state index contributed by atoms with van der Waals surface area (Å²) in [5.74, 6) is 0. The molecule has 0 aliphatic carbocycles. The van der Waals surface area contributed by atoms with Gasteiger partial charge in [-0.2, -0.15) is 0 Å². The lowest BCUT2D eigenvalue weighted by Crippen LogP contribution is -2.24. The van der Waals surface area contributed by atoms with Crippen molar-refractivity contribution in [2.24, 2.45) is 0 Å². The van der Waals surface area contributed by atoms with Gasteiger partial charge in [0.15, 0.2) is 0 Å². The molecule has 0 saturated heterocycles. The Balaban J connectivity index is 2.98. The maximum absolute atomic E-state index is 8.81. The standard InChI is InChI=1S/C6H13NO/c1-3-6(8)5-7-4-2/h3,6-8H,1,4-5H2,2H3/t6-/m1/s1. The van der Waals surface area contributed by atoms with Crippen LogP contribution in [-0.2, 0) is 0 Å². The second kappa shape index (κ2) is 4.81. The van der Waals surface area contributed by atoms with Crippen LogP contribution in [0.1, 0.15) is 6.92 Å². The molecule has 8 heavy (non-hydrogen) atoms. The number of aliphatic hydroxyl groups is 1. The zero-order chi connectivity index (χ0) is 6.41. The van der Waals surface area contributed by atoms with Crippen LogP contribution in [0, 0.1) is 0 Å². The molecule has 0 aliphatic rings. The molecule has 48 valence electrons. The summed E-state index contributed by atoms with van der Waals surface area (Å²) in [7, 11) is 0. The second-order valence-corrected chi connectivity index (χ2v) is 1.61. The number of nitrogens with one attached hydrogen (secondary N) is 1. The van der Waals surface area contributed by atoms with Crippen molar-refractivity contribution in [2.45, 2.75) is 13.0 Å². The third-order valence-corrected chi connectivity index (χ3v) is 0.876. The van der Waals surface area contributed by atoms with Crippen molar-refractivity contribution >= 4 is 0 Å². The Labute approximate surface area is 50.2 Å². The Morgan fingerprint density at radius 3 is 2.88 bits per heavy atom. The number of hydrogen-bond acceptors (Lipinski definition) is 2. The number of hydrogen-bond donors (Lipinski definition) is 2. The lowest BCUT2D eigenvalue weighted by molar-refractivity contribution is 0.220. The molecule has 0 aromatic heterocycles. The largest absolute Gasteiger partial charge is 0.388 e. The van der Waals surface area contributed by atoms with Gasteiger partial charge in [-0.25, -0.2) is 0 Å². The van der Waals surface area contributed by atoms with Gasteiger partial charge < -0.3 is 10.4 Å². The average Bonchev–Trinajstić information content (AvgIpc) is 1.83. The van der Waals surface area contributed by atoms with E-state index in [-0.39, 0.29) is 0 Å². The smallest absolute Gasteiger partial charge is 0.0842 e. The predicted molar refractivity (Wildman–Crippen MR) is 34.7 cm³/mol. The summed E-state index contributed by atoms with van der Waals surface area (Å²) in [6.07, 6.45) is 1.12. The first-order valence-corrected chi connectivity index (χ1v) is 2.82. The van der Waals surface area contributed by atoms with Gasteiger partial charge in [0, 0.05) is 6.54 Å². The van der Waals surface area contributed by atoms with Gasteiger partial charge in [-0.15, -0.1) is 6.58 Å². The highest BCUT2D eigenvalue weighted by molar-refractivity contribution is 4.78. The lowest BCUT2D eigenvalue weighted by Gasteiger charge is -2.02. The molecule has 0 rings (SSSR count). The van der Waals surface area contributed by atoms with Gasteiger partial charge in [-0.1, -0.05) is 13.0 Å². The molecule has 2 nitrogen and oxygen atoms in total. The van der Waals surface area contributed by atoms with E-state index in [1.165, 1.54) is 6.08 Å². The van der Waals surface area contributed by atoms with E-state index in [2.05, 4.69) is 11.9 Å². The topological polar surface area (TPSA) is 32.3 Å². The fourth-order valence-corrected chi connectivity index (χ4v) is 0.376. The van der Waals surface area contributed by atoms with Gasteiger partial charge in [0.25, 0.3) is 0 Å². The van der Waals surface area contributed by atoms with E-state index in [9.17, 15) is 0 Å². The van der Waals surface area contributed by atoms with Crippen LogP contribution in [0.4, 0.5) is 0 Å². The lowest BCUT2D eigenvalue weighted by atomic mass is 10.3. The summed E-state index contributed by atoms with van der Waals surface area (Å²) in [4.78, 5) is 0. The maximum Gasteiger partial charge on any atom is 0.0842 e. The highest BCUT2D eigenvalue weighted by Gasteiger charge is 1.92. The van der Waals surface area contributed by atoms with Gasteiger partial charge >= 0.3 is 0 Å². The van der Waals surface area contributed by atoms with Crippen LogP contribution < -0.4 is 5.32 Å². The molecule has 0 aromatic rings. The minimum atomic E-state index is -0.394. The molecular formula is C6H13NO. The molecule has 0 heterocycles. The zero-order valence-corrected chi connectivity index (χ0v) is 5.22. The van der Waals surface area contributed by atoms with Crippen LogP contribution in [0.25, 0.3) is 0 Å². The molecule has 2 heteroatoms. The normalized spacial score (nSPS) is 13.2. The van der Waals surface area contributed by atoms with Crippen LogP contribution in [0.3, 0.4) is 0 Å². The molecule has 1 atom stereocenters. The van der Waals surface area contributed by atoms with Crippen molar-refractivity contribution in [1.82, 2.24) is 5.32 Å². The van der Waals surface area contributed by atoms with Crippen LogP contribution in [0.5, 0.6) is 0 Å². The van der Waals surface area contributed by atoms with Crippen molar-refractivity contribution in [1.29, 1.82) is 0 Å². The van der Waals surface area contributed by atoms with Crippen LogP contribution >= 0.6 is 0 Å². The van der Waals surface area contributed by atoms with E-state index in [0.29, 0.717) is 6.54 Å². The first-order valence-electron chi connectivity index (χ1n) is 2.82. The average molecular weight is 115 g/mol. The molecule has 0 aromatic carbocycles. The Morgan fingerprint density at radius 2 is 2.50 bits per heavy atom. The van der Waals surface area contributed by atoms with E-state index in [1.54, 1.807) is 0 Å². The van der Waals surface area contributed by atoms with E-state index in [1.807, 2.05) is 6.92 Å². The van der Waals surface area contributed by atoms with Crippen molar-refractivity contribution in [3.05, 3.63) is 12.7 Å². The fourth-order valence-electron chi connectivity index (χ4n) is 0.376. The van der Waals surface area contributed by atoms with Crippen molar-refractivity contribution in [3.8, 4) is 0 Å².